The smallest absolute Gasteiger partial charge is 0.264 e. The monoisotopic (exact) mass is 423 g/mol. The fourth-order valence-corrected chi connectivity index (χ4v) is 5.31. The summed E-state index contributed by atoms with van der Waals surface area (Å²) in [6.45, 7) is 8.17. The van der Waals surface area contributed by atoms with Crippen molar-refractivity contribution in [2.24, 2.45) is 0 Å². The van der Waals surface area contributed by atoms with Crippen LogP contribution in [0.15, 0.2) is 36.7 Å². The molecule has 30 heavy (non-hydrogen) atoms. The molecule has 0 atom stereocenters. The molecule has 0 spiro atoms. The van der Waals surface area contributed by atoms with Gasteiger partial charge in [0.1, 0.15) is 18.0 Å². The number of piperazine rings is 1. The second-order valence-corrected chi connectivity index (χ2v) is 8.72. The highest BCUT2D eigenvalue weighted by Crippen LogP contribution is 2.31. The lowest BCUT2D eigenvalue weighted by Crippen LogP contribution is -2.49. The summed E-state index contributed by atoms with van der Waals surface area (Å²) in [7, 11) is 0. The first-order valence-electron chi connectivity index (χ1n) is 10.4. The van der Waals surface area contributed by atoms with Crippen LogP contribution in [0.1, 0.15) is 15.2 Å². The van der Waals surface area contributed by atoms with Crippen LogP contribution in [-0.4, -0.2) is 73.3 Å². The fraction of sp³-hybridized carbons (Fsp3) is 0.409. The Hall–Kier alpha value is -2.71. The maximum Gasteiger partial charge on any atom is 0.264 e. The van der Waals surface area contributed by atoms with Crippen molar-refractivity contribution in [2.45, 2.75) is 6.92 Å². The van der Waals surface area contributed by atoms with Crippen molar-refractivity contribution < 1.29 is 9.53 Å². The highest BCUT2D eigenvalue weighted by atomic mass is 32.1. The molecule has 2 aliphatic heterocycles. The first-order chi connectivity index (χ1) is 14.7. The molecule has 2 fully saturated rings. The SMILES string of the molecule is Cc1c(C(=O)N2CCN(c3cc(N4CCOCC4)ncn3)CC2)sc2ccccc12. The second kappa shape index (κ2) is 8.20. The van der Waals surface area contributed by atoms with Gasteiger partial charge in [0.15, 0.2) is 0 Å². The summed E-state index contributed by atoms with van der Waals surface area (Å²) in [5.74, 6) is 2.02. The van der Waals surface area contributed by atoms with Gasteiger partial charge in [0, 0.05) is 50.0 Å². The van der Waals surface area contributed by atoms with Crippen LogP contribution in [-0.2, 0) is 4.74 Å². The first kappa shape index (κ1) is 19.3. The third-order valence-electron chi connectivity index (χ3n) is 5.90. The zero-order valence-electron chi connectivity index (χ0n) is 17.1. The Bertz CT molecular complexity index is 1050. The van der Waals surface area contributed by atoms with E-state index in [1.165, 1.54) is 10.1 Å². The number of anilines is 2. The van der Waals surface area contributed by atoms with Crippen LogP contribution < -0.4 is 9.80 Å². The van der Waals surface area contributed by atoms with Crippen molar-refractivity contribution in [1.82, 2.24) is 14.9 Å². The third-order valence-corrected chi connectivity index (χ3v) is 7.16. The van der Waals surface area contributed by atoms with Crippen molar-refractivity contribution in [3.05, 3.63) is 47.1 Å². The molecule has 7 nitrogen and oxygen atoms in total. The summed E-state index contributed by atoms with van der Waals surface area (Å²) in [4.78, 5) is 29.4. The van der Waals surface area contributed by atoms with Crippen LogP contribution in [0, 0.1) is 6.92 Å². The first-order valence-corrected chi connectivity index (χ1v) is 11.2. The number of aryl methyl sites for hydroxylation is 1. The molecule has 156 valence electrons. The third kappa shape index (κ3) is 3.61. The van der Waals surface area contributed by atoms with Crippen molar-refractivity contribution in [3.8, 4) is 0 Å². The van der Waals surface area contributed by atoms with Crippen molar-refractivity contribution in [3.63, 3.8) is 0 Å². The number of thiophene rings is 1. The van der Waals surface area contributed by atoms with Crippen LogP contribution in [0.3, 0.4) is 0 Å². The number of benzene rings is 1. The average Bonchev–Trinajstić information content (AvgIpc) is 3.16. The Morgan fingerprint density at radius 1 is 0.967 bits per heavy atom. The zero-order valence-corrected chi connectivity index (χ0v) is 17.9. The van der Waals surface area contributed by atoms with E-state index in [-0.39, 0.29) is 5.91 Å². The van der Waals surface area contributed by atoms with E-state index in [1.54, 1.807) is 17.7 Å². The minimum absolute atomic E-state index is 0.144. The Labute approximate surface area is 179 Å². The van der Waals surface area contributed by atoms with E-state index in [1.807, 2.05) is 17.0 Å². The molecular formula is C22H25N5O2S. The number of amides is 1. The quantitative estimate of drug-likeness (QED) is 0.646. The zero-order chi connectivity index (χ0) is 20.5. The van der Waals surface area contributed by atoms with Gasteiger partial charge in [0.25, 0.3) is 5.91 Å². The average molecular weight is 424 g/mol. The van der Waals surface area contributed by atoms with Gasteiger partial charge in [0.2, 0.25) is 0 Å². The molecule has 0 unspecified atom stereocenters. The topological polar surface area (TPSA) is 61.8 Å². The molecule has 1 amide bonds. The lowest BCUT2D eigenvalue weighted by Gasteiger charge is -2.36. The number of morpholine rings is 1. The van der Waals surface area contributed by atoms with Gasteiger partial charge in [0.05, 0.1) is 18.1 Å². The molecule has 0 bridgehead atoms. The number of hydrogen-bond donors (Lipinski definition) is 0. The van der Waals surface area contributed by atoms with Crippen molar-refractivity contribution in [1.29, 1.82) is 0 Å². The molecule has 2 saturated heterocycles. The molecule has 0 radical (unpaired) electrons. The molecule has 0 N–H and O–H groups in total. The highest BCUT2D eigenvalue weighted by Gasteiger charge is 2.26. The Balaban J connectivity index is 1.27. The van der Waals surface area contributed by atoms with Gasteiger partial charge in [-0.05, 0) is 23.9 Å². The van der Waals surface area contributed by atoms with Gasteiger partial charge in [-0.25, -0.2) is 9.97 Å². The lowest BCUT2D eigenvalue weighted by molar-refractivity contribution is 0.0751. The number of ether oxygens (including phenoxy) is 1. The highest BCUT2D eigenvalue weighted by molar-refractivity contribution is 7.21. The van der Waals surface area contributed by atoms with Gasteiger partial charge in [-0.3, -0.25) is 4.79 Å². The molecular weight excluding hydrogens is 398 g/mol. The summed E-state index contributed by atoms with van der Waals surface area (Å²) in [5, 5.41) is 1.18. The van der Waals surface area contributed by atoms with E-state index in [9.17, 15) is 4.79 Å². The minimum Gasteiger partial charge on any atom is -0.378 e. The van der Waals surface area contributed by atoms with Crippen molar-refractivity contribution >= 4 is 39.0 Å². The number of aromatic nitrogens is 2. The Morgan fingerprint density at radius 3 is 2.33 bits per heavy atom. The minimum atomic E-state index is 0.144. The molecule has 1 aromatic carbocycles. The van der Waals surface area contributed by atoms with E-state index in [4.69, 9.17) is 4.74 Å². The molecule has 5 rings (SSSR count). The maximum absolute atomic E-state index is 13.2. The summed E-state index contributed by atoms with van der Waals surface area (Å²) >= 11 is 1.60. The number of carbonyl (C=O) groups is 1. The summed E-state index contributed by atoms with van der Waals surface area (Å²) in [6.07, 6.45) is 1.64. The fourth-order valence-electron chi connectivity index (χ4n) is 4.14. The van der Waals surface area contributed by atoms with E-state index >= 15 is 0 Å². The lowest BCUT2D eigenvalue weighted by atomic mass is 10.1. The number of nitrogens with zero attached hydrogens (tertiary/aromatic N) is 5. The van der Waals surface area contributed by atoms with Crippen LogP contribution in [0.4, 0.5) is 11.6 Å². The van der Waals surface area contributed by atoms with Crippen molar-refractivity contribution in [2.75, 3.05) is 62.3 Å². The molecule has 0 saturated carbocycles. The van der Waals surface area contributed by atoms with Crippen LogP contribution >= 0.6 is 11.3 Å². The standard InChI is InChI=1S/C22H25N5O2S/c1-16-17-4-2-3-5-18(17)30-21(16)22(28)27-8-6-25(7-9-27)19-14-20(24-15-23-19)26-10-12-29-13-11-26/h2-5,14-15H,6-13H2,1H3. The van der Waals surface area contributed by atoms with Gasteiger partial charge in [-0.2, -0.15) is 0 Å². The number of fused-ring (bicyclic) bond motifs is 1. The normalized spacial score (nSPS) is 17.6. The predicted octanol–water partition coefficient (Wildman–Crippen LogP) is 2.80. The van der Waals surface area contributed by atoms with Gasteiger partial charge < -0.3 is 19.4 Å². The van der Waals surface area contributed by atoms with Gasteiger partial charge in [-0.15, -0.1) is 11.3 Å². The largest absolute Gasteiger partial charge is 0.378 e. The van der Waals surface area contributed by atoms with E-state index in [0.29, 0.717) is 13.1 Å². The van der Waals surface area contributed by atoms with Crippen LogP contribution in [0.25, 0.3) is 10.1 Å². The Morgan fingerprint density at radius 2 is 1.63 bits per heavy atom. The molecule has 2 aromatic heterocycles. The Kier molecular flexibility index (Phi) is 5.26. The second-order valence-electron chi connectivity index (χ2n) is 7.67. The molecule has 8 heteroatoms. The number of hydrogen-bond acceptors (Lipinski definition) is 7. The van der Waals surface area contributed by atoms with Crippen LogP contribution in [0.2, 0.25) is 0 Å². The molecule has 3 aromatic rings. The van der Waals surface area contributed by atoms with Gasteiger partial charge in [-0.1, -0.05) is 18.2 Å². The molecule has 0 aliphatic carbocycles. The van der Waals surface area contributed by atoms with Crippen LogP contribution in [0.5, 0.6) is 0 Å². The van der Waals surface area contributed by atoms with E-state index < -0.39 is 0 Å². The number of carbonyl (C=O) groups excluding carboxylic acids is 1. The predicted molar refractivity (Wildman–Crippen MR) is 120 cm³/mol. The summed E-state index contributed by atoms with van der Waals surface area (Å²) in [6, 6.07) is 10.3. The molecule has 2 aliphatic rings. The van der Waals surface area contributed by atoms with E-state index in [0.717, 1.165) is 61.5 Å². The maximum atomic E-state index is 13.2. The summed E-state index contributed by atoms with van der Waals surface area (Å²) < 4.78 is 6.61. The van der Waals surface area contributed by atoms with E-state index in [2.05, 4.69) is 44.9 Å². The number of rotatable bonds is 3. The molecule has 4 heterocycles. The summed E-state index contributed by atoms with van der Waals surface area (Å²) in [5.41, 5.74) is 1.09. The van der Waals surface area contributed by atoms with Gasteiger partial charge >= 0.3 is 0 Å².